The van der Waals surface area contributed by atoms with Crippen molar-refractivity contribution in [1.29, 1.82) is 0 Å². The molecular weight excluding hydrogens is 504 g/mol. The molecule has 1 N–H and O–H groups in total. The molecule has 0 bridgehead atoms. The first-order valence-corrected chi connectivity index (χ1v) is 13.3. The van der Waals surface area contributed by atoms with Crippen LogP contribution < -0.4 is 9.62 Å². The summed E-state index contributed by atoms with van der Waals surface area (Å²) in [7, 11) is -3.93. The highest BCUT2D eigenvalue weighted by atomic mass is 35.5. The maximum atomic E-state index is 13.8. The van der Waals surface area contributed by atoms with Gasteiger partial charge in [-0.05, 0) is 49.2 Å². The Morgan fingerprint density at radius 3 is 2.41 bits per heavy atom. The smallest absolute Gasteiger partial charge is 0.244 e. The van der Waals surface area contributed by atoms with E-state index in [0.29, 0.717) is 17.1 Å². The maximum absolute atomic E-state index is 13.8. The van der Waals surface area contributed by atoms with Crippen LogP contribution in [0, 0.1) is 5.82 Å². The first kappa shape index (κ1) is 27.9. The van der Waals surface area contributed by atoms with E-state index in [2.05, 4.69) is 5.32 Å². The van der Waals surface area contributed by atoms with E-state index in [4.69, 9.17) is 23.2 Å². The van der Waals surface area contributed by atoms with Crippen LogP contribution in [0.4, 0.5) is 10.1 Å². The van der Waals surface area contributed by atoms with Gasteiger partial charge in [0, 0.05) is 13.1 Å². The van der Waals surface area contributed by atoms with Crippen LogP contribution >= 0.6 is 23.2 Å². The average molecular weight is 532 g/mol. The molecule has 34 heavy (non-hydrogen) atoms. The molecule has 0 aromatic heterocycles. The van der Waals surface area contributed by atoms with Crippen LogP contribution in [0.2, 0.25) is 10.0 Å². The third-order valence-corrected chi connectivity index (χ3v) is 6.99. The number of amides is 2. The number of benzene rings is 2. The molecule has 0 unspecified atom stereocenters. The van der Waals surface area contributed by atoms with Crippen molar-refractivity contribution in [2.75, 3.05) is 23.7 Å². The molecule has 2 rings (SSSR count). The van der Waals surface area contributed by atoms with Crippen molar-refractivity contribution in [2.24, 2.45) is 0 Å². The quantitative estimate of drug-likeness (QED) is 0.439. The van der Waals surface area contributed by atoms with Gasteiger partial charge in [-0.2, -0.15) is 0 Å². The second-order valence-corrected chi connectivity index (χ2v) is 10.6. The monoisotopic (exact) mass is 531 g/mol. The van der Waals surface area contributed by atoms with Gasteiger partial charge < -0.3 is 10.2 Å². The molecule has 0 spiro atoms. The highest BCUT2D eigenvalue weighted by Crippen LogP contribution is 2.24. The predicted molar refractivity (Wildman–Crippen MR) is 133 cm³/mol. The lowest BCUT2D eigenvalue weighted by atomic mass is 10.1. The molecule has 0 saturated carbocycles. The fourth-order valence-electron chi connectivity index (χ4n) is 3.20. The van der Waals surface area contributed by atoms with Gasteiger partial charge in [0.1, 0.15) is 18.4 Å². The van der Waals surface area contributed by atoms with Crippen molar-refractivity contribution >= 4 is 50.7 Å². The molecular formula is C23H28Cl2FN3O4S. The lowest BCUT2D eigenvalue weighted by Gasteiger charge is -2.31. The molecule has 1 atom stereocenters. The van der Waals surface area contributed by atoms with Crippen molar-refractivity contribution < 1.29 is 22.4 Å². The Hall–Kier alpha value is -2.36. The molecule has 186 valence electrons. The van der Waals surface area contributed by atoms with E-state index in [1.807, 2.05) is 6.92 Å². The minimum absolute atomic E-state index is 0.00499. The van der Waals surface area contributed by atoms with Crippen LogP contribution in [0.3, 0.4) is 0 Å². The van der Waals surface area contributed by atoms with Crippen LogP contribution in [0.25, 0.3) is 0 Å². The number of hydrogen-bond donors (Lipinski definition) is 1. The van der Waals surface area contributed by atoms with Crippen molar-refractivity contribution in [3.05, 3.63) is 63.9 Å². The zero-order valence-corrected chi connectivity index (χ0v) is 21.6. The van der Waals surface area contributed by atoms with Gasteiger partial charge in [0.05, 0.1) is 22.0 Å². The zero-order valence-electron chi connectivity index (χ0n) is 19.2. The number of nitrogens with one attached hydrogen (secondary N) is 1. The SMILES string of the molecule is CCCCNC(=O)[C@H](C)N(Cc1ccc(Cl)c(Cl)c1)C(=O)CN(c1cccc(F)c1)S(C)(=O)=O. The molecule has 11 heteroatoms. The van der Waals surface area contributed by atoms with E-state index in [1.54, 1.807) is 25.1 Å². The molecule has 2 aromatic rings. The summed E-state index contributed by atoms with van der Waals surface area (Å²) in [4.78, 5) is 27.4. The number of carbonyl (C=O) groups is 2. The normalized spacial score (nSPS) is 12.2. The summed E-state index contributed by atoms with van der Waals surface area (Å²) in [6, 6.07) is 8.84. The standard InChI is InChI=1S/C23H28Cl2FN3O4S/c1-4-5-11-27-23(31)16(2)28(14-17-9-10-20(24)21(25)12-17)22(30)15-29(34(3,32)33)19-8-6-7-18(26)13-19/h6-10,12-13,16H,4-5,11,14-15H2,1-3H3,(H,27,31)/t16-/m0/s1. The van der Waals surface area contributed by atoms with Crippen LogP contribution in [-0.4, -0.2) is 50.5 Å². The highest BCUT2D eigenvalue weighted by Gasteiger charge is 2.30. The third kappa shape index (κ3) is 7.85. The van der Waals surface area contributed by atoms with Crippen LogP contribution in [0.1, 0.15) is 32.3 Å². The Balaban J connectivity index is 2.37. The molecule has 7 nitrogen and oxygen atoms in total. The summed E-state index contributed by atoms with van der Waals surface area (Å²) in [6.07, 6.45) is 2.59. The Morgan fingerprint density at radius 2 is 1.82 bits per heavy atom. The largest absolute Gasteiger partial charge is 0.354 e. The number of rotatable bonds is 11. The summed E-state index contributed by atoms with van der Waals surface area (Å²) in [5.41, 5.74) is 0.609. The van der Waals surface area contributed by atoms with E-state index >= 15 is 0 Å². The van der Waals surface area contributed by atoms with Gasteiger partial charge >= 0.3 is 0 Å². The summed E-state index contributed by atoms with van der Waals surface area (Å²) < 4.78 is 39.4. The lowest BCUT2D eigenvalue weighted by Crippen LogP contribution is -2.51. The third-order valence-electron chi connectivity index (χ3n) is 5.11. The number of nitrogens with zero attached hydrogens (tertiary/aromatic N) is 2. The molecule has 2 amide bonds. The molecule has 0 saturated heterocycles. The fourth-order valence-corrected chi connectivity index (χ4v) is 4.36. The molecule has 2 aromatic carbocycles. The Labute approximate surface area is 209 Å². The molecule has 0 aliphatic carbocycles. The summed E-state index contributed by atoms with van der Waals surface area (Å²) in [5, 5.41) is 3.40. The second-order valence-electron chi connectivity index (χ2n) is 7.84. The average Bonchev–Trinajstić information content (AvgIpc) is 2.76. The first-order valence-electron chi connectivity index (χ1n) is 10.7. The van der Waals surface area contributed by atoms with E-state index in [9.17, 15) is 22.4 Å². The van der Waals surface area contributed by atoms with Crippen LogP contribution in [0.15, 0.2) is 42.5 Å². The first-order chi connectivity index (χ1) is 15.9. The Kier molecular flexibility index (Phi) is 10.1. The molecule has 0 radical (unpaired) electrons. The van der Waals surface area contributed by atoms with Gasteiger partial charge in [-0.3, -0.25) is 13.9 Å². The number of hydrogen-bond acceptors (Lipinski definition) is 4. The van der Waals surface area contributed by atoms with Crippen LogP contribution in [0.5, 0.6) is 0 Å². The number of unbranched alkanes of at least 4 members (excludes halogenated alkanes) is 1. The van der Waals surface area contributed by atoms with E-state index in [0.717, 1.165) is 29.5 Å². The van der Waals surface area contributed by atoms with Gasteiger partial charge in [0.2, 0.25) is 21.8 Å². The molecule has 0 aliphatic heterocycles. The van der Waals surface area contributed by atoms with Gasteiger partial charge in [-0.15, -0.1) is 0 Å². The number of sulfonamides is 1. The number of halogens is 3. The predicted octanol–water partition coefficient (Wildman–Crippen LogP) is 4.23. The minimum Gasteiger partial charge on any atom is -0.354 e. The lowest BCUT2D eigenvalue weighted by molar-refractivity contribution is -0.139. The number of carbonyl (C=O) groups excluding carboxylic acids is 2. The van der Waals surface area contributed by atoms with E-state index < -0.39 is 34.3 Å². The summed E-state index contributed by atoms with van der Waals surface area (Å²) in [5.74, 6) is -1.66. The highest BCUT2D eigenvalue weighted by molar-refractivity contribution is 7.92. The molecule has 0 aliphatic rings. The van der Waals surface area contributed by atoms with Crippen LogP contribution in [-0.2, 0) is 26.2 Å². The van der Waals surface area contributed by atoms with Crippen molar-refractivity contribution in [3.63, 3.8) is 0 Å². The summed E-state index contributed by atoms with van der Waals surface area (Å²) >= 11 is 12.1. The maximum Gasteiger partial charge on any atom is 0.244 e. The van der Waals surface area contributed by atoms with Gasteiger partial charge in [-0.25, -0.2) is 12.8 Å². The molecule has 0 heterocycles. The fraction of sp³-hybridized carbons (Fsp3) is 0.391. The zero-order chi connectivity index (χ0) is 25.5. The minimum atomic E-state index is -3.93. The second kappa shape index (κ2) is 12.4. The molecule has 0 fully saturated rings. The Morgan fingerprint density at radius 1 is 1.12 bits per heavy atom. The van der Waals surface area contributed by atoms with Gasteiger partial charge in [0.25, 0.3) is 0 Å². The van der Waals surface area contributed by atoms with Crippen molar-refractivity contribution in [3.8, 4) is 0 Å². The van der Waals surface area contributed by atoms with Gasteiger partial charge in [-0.1, -0.05) is 48.7 Å². The van der Waals surface area contributed by atoms with Crippen molar-refractivity contribution in [1.82, 2.24) is 10.2 Å². The number of anilines is 1. The Bertz CT molecular complexity index is 1130. The van der Waals surface area contributed by atoms with Gasteiger partial charge in [0.15, 0.2) is 0 Å². The topological polar surface area (TPSA) is 86.8 Å². The van der Waals surface area contributed by atoms with Crippen molar-refractivity contribution in [2.45, 2.75) is 39.3 Å². The van der Waals surface area contributed by atoms with E-state index in [1.165, 1.54) is 23.1 Å². The van der Waals surface area contributed by atoms with E-state index in [-0.39, 0.29) is 23.2 Å². The summed E-state index contributed by atoms with van der Waals surface area (Å²) in [6.45, 7) is 3.37.